The highest BCUT2D eigenvalue weighted by Crippen LogP contribution is 2.19. The van der Waals surface area contributed by atoms with Gasteiger partial charge in [-0.25, -0.2) is 0 Å². The van der Waals surface area contributed by atoms with Crippen LogP contribution in [0.25, 0.3) is 0 Å². The number of ether oxygens (including phenoxy) is 1. The molecule has 0 aromatic heterocycles. The van der Waals surface area contributed by atoms with Crippen molar-refractivity contribution in [2.45, 2.75) is 18.2 Å². The number of nitrogens with two attached hydrogens (primary N) is 1. The summed E-state index contributed by atoms with van der Waals surface area (Å²) in [6.45, 7) is 2.86. The van der Waals surface area contributed by atoms with Crippen LogP contribution in [0.2, 0.25) is 0 Å². The van der Waals surface area contributed by atoms with E-state index in [1.807, 2.05) is 36.4 Å². The van der Waals surface area contributed by atoms with Gasteiger partial charge >= 0.3 is 0 Å². The Morgan fingerprint density at radius 3 is 2.32 bits per heavy atom. The van der Waals surface area contributed by atoms with E-state index >= 15 is 0 Å². The molecule has 0 bridgehead atoms. The van der Waals surface area contributed by atoms with Gasteiger partial charge in [-0.3, -0.25) is 0 Å². The number of nitrogen functional groups attached to an aromatic ring is 1. The van der Waals surface area contributed by atoms with Crippen molar-refractivity contribution in [2.24, 2.45) is 0 Å². The molecule has 0 aliphatic carbocycles. The van der Waals surface area contributed by atoms with Gasteiger partial charge in [0.05, 0.1) is 6.61 Å². The summed E-state index contributed by atoms with van der Waals surface area (Å²) in [6, 6.07) is 16.2. The molecule has 3 heteroatoms. The molecule has 100 valence electrons. The lowest BCUT2D eigenvalue weighted by Gasteiger charge is -2.07. The van der Waals surface area contributed by atoms with Gasteiger partial charge in [0.25, 0.3) is 0 Å². The minimum absolute atomic E-state index is 0.709. The minimum Gasteiger partial charge on any atom is -0.493 e. The number of anilines is 1. The van der Waals surface area contributed by atoms with Crippen LogP contribution < -0.4 is 10.5 Å². The maximum absolute atomic E-state index is 5.71. The van der Waals surface area contributed by atoms with Crippen LogP contribution in [-0.4, -0.2) is 12.4 Å². The molecule has 2 N–H and O–H groups in total. The molecule has 19 heavy (non-hydrogen) atoms. The summed E-state index contributed by atoms with van der Waals surface area (Å²) in [6.07, 6.45) is 1.06. The molecule has 0 amide bonds. The largest absolute Gasteiger partial charge is 0.493 e. The fourth-order valence-electron chi connectivity index (χ4n) is 1.70. The predicted octanol–water partition coefficient (Wildman–Crippen LogP) is 4.00. The molecule has 2 nitrogen and oxygen atoms in total. The Bertz CT molecular complexity index is 493. The lowest BCUT2D eigenvalue weighted by molar-refractivity contribution is 0.344. The van der Waals surface area contributed by atoms with E-state index in [0.29, 0.717) is 6.61 Å². The maximum atomic E-state index is 5.71. The zero-order valence-corrected chi connectivity index (χ0v) is 12.0. The summed E-state index contributed by atoms with van der Waals surface area (Å²) in [5.74, 6) is 1.87. The molecule has 0 spiro atoms. The highest BCUT2D eigenvalue weighted by Gasteiger charge is 1.96. The summed E-state index contributed by atoms with van der Waals surface area (Å²) in [4.78, 5) is 1.22. The van der Waals surface area contributed by atoms with Crippen molar-refractivity contribution in [1.29, 1.82) is 0 Å². The molecular weight excluding hydrogens is 254 g/mol. The van der Waals surface area contributed by atoms with E-state index in [1.54, 1.807) is 11.8 Å². The number of thioether (sulfide) groups is 1. The van der Waals surface area contributed by atoms with Crippen LogP contribution in [-0.2, 0) is 6.42 Å². The quantitative estimate of drug-likeness (QED) is 0.491. The molecule has 2 rings (SSSR count). The number of hydrogen-bond donors (Lipinski definition) is 1. The summed E-state index contributed by atoms with van der Waals surface area (Å²) >= 11 is 1.78. The highest BCUT2D eigenvalue weighted by molar-refractivity contribution is 7.99. The predicted molar refractivity (Wildman–Crippen MR) is 82.9 cm³/mol. The molecule has 0 radical (unpaired) electrons. The molecule has 0 aliphatic heterocycles. The Morgan fingerprint density at radius 1 is 1.00 bits per heavy atom. The first kappa shape index (κ1) is 13.8. The molecule has 0 aliphatic rings. The van der Waals surface area contributed by atoms with Crippen molar-refractivity contribution < 1.29 is 4.74 Å². The van der Waals surface area contributed by atoms with Crippen molar-refractivity contribution in [3.63, 3.8) is 0 Å². The number of aryl methyl sites for hydroxylation is 1. The summed E-state index contributed by atoms with van der Waals surface area (Å²) < 4.78 is 5.71. The molecule has 2 aromatic rings. The topological polar surface area (TPSA) is 35.2 Å². The molecule has 0 unspecified atom stereocenters. The number of benzene rings is 2. The smallest absolute Gasteiger partial charge is 0.119 e. The van der Waals surface area contributed by atoms with E-state index in [1.165, 1.54) is 10.5 Å². The second-order valence-electron chi connectivity index (χ2n) is 4.26. The lowest BCUT2D eigenvalue weighted by atomic mass is 10.2. The summed E-state index contributed by atoms with van der Waals surface area (Å²) in [7, 11) is 0. The average molecular weight is 273 g/mol. The van der Waals surface area contributed by atoms with Crippen LogP contribution in [0.5, 0.6) is 5.75 Å². The van der Waals surface area contributed by atoms with Crippen LogP contribution in [0.3, 0.4) is 0 Å². The van der Waals surface area contributed by atoms with Crippen molar-refractivity contribution in [1.82, 2.24) is 0 Å². The Morgan fingerprint density at radius 2 is 1.68 bits per heavy atom. The normalized spacial score (nSPS) is 10.4. The van der Waals surface area contributed by atoms with Gasteiger partial charge in [-0.15, -0.1) is 11.8 Å². The third-order valence-corrected chi connectivity index (χ3v) is 3.81. The van der Waals surface area contributed by atoms with Crippen LogP contribution in [0, 0.1) is 0 Å². The molecule has 0 saturated carbocycles. The van der Waals surface area contributed by atoms with E-state index in [-0.39, 0.29) is 0 Å². The fraction of sp³-hybridized carbons (Fsp3) is 0.250. The van der Waals surface area contributed by atoms with Crippen LogP contribution in [0.1, 0.15) is 12.5 Å². The van der Waals surface area contributed by atoms with Gasteiger partial charge in [-0.1, -0.05) is 19.1 Å². The molecule has 0 atom stereocenters. The van der Waals surface area contributed by atoms with E-state index in [2.05, 4.69) is 19.1 Å². The van der Waals surface area contributed by atoms with E-state index in [4.69, 9.17) is 10.5 Å². The lowest BCUT2D eigenvalue weighted by Crippen LogP contribution is -2.00. The standard InChI is InChI=1S/C16H19NOS/c1-2-13-3-7-15(8-4-13)18-11-12-19-16-9-5-14(17)6-10-16/h3-10H,2,11-12,17H2,1H3. The van der Waals surface area contributed by atoms with Crippen LogP contribution >= 0.6 is 11.8 Å². The van der Waals surface area contributed by atoms with E-state index < -0.39 is 0 Å². The number of rotatable bonds is 6. The van der Waals surface area contributed by atoms with E-state index in [0.717, 1.165) is 23.6 Å². The van der Waals surface area contributed by atoms with Gasteiger partial charge in [0.15, 0.2) is 0 Å². The van der Waals surface area contributed by atoms with Crippen molar-refractivity contribution in [3.8, 4) is 5.75 Å². The van der Waals surface area contributed by atoms with Crippen molar-refractivity contribution in [2.75, 3.05) is 18.1 Å². The molecule has 0 heterocycles. The van der Waals surface area contributed by atoms with Crippen LogP contribution in [0.4, 0.5) is 5.69 Å². The molecule has 2 aromatic carbocycles. The Balaban J connectivity index is 1.72. The van der Waals surface area contributed by atoms with Gasteiger partial charge in [0.2, 0.25) is 0 Å². The minimum atomic E-state index is 0.709. The zero-order chi connectivity index (χ0) is 13.5. The Hall–Kier alpha value is -1.61. The summed E-state index contributed by atoms with van der Waals surface area (Å²) in [5, 5.41) is 0. The summed E-state index contributed by atoms with van der Waals surface area (Å²) in [5.41, 5.74) is 7.79. The van der Waals surface area contributed by atoms with Gasteiger partial charge in [0.1, 0.15) is 5.75 Å². The zero-order valence-electron chi connectivity index (χ0n) is 11.1. The fourth-order valence-corrected chi connectivity index (χ4v) is 2.44. The van der Waals surface area contributed by atoms with Gasteiger partial charge in [-0.2, -0.15) is 0 Å². The molecule has 0 fully saturated rings. The molecular formula is C16H19NOS. The number of hydrogen-bond acceptors (Lipinski definition) is 3. The second kappa shape index (κ2) is 7.10. The first-order valence-corrected chi connectivity index (χ1v) is 7.46. The SMILES string of the molecule is CCc1ccc(OCCSc2ccc(N)cc2)cc1. The van der Waals surface area contributed by atoms with Crippen molar-refractivity contribution >= 4 is 17.4 Å². The van der Waals surface area contributed by atoms with E-state index in [9.17, 15) is 0 Å². The Kier molecular flexibility index (Phi) is 5.16. The van der Waals surface area contributed by atoms with Gasteiger partial charge < -0.3 is 10.5 Å². The average Bonchev–Trinajstić information content (AvgIpc) is 2.46. The second-order valence-corrected chi connectivity index (χ2v) is 5.43. The highest BCUT2D eigenvalue weighted by atomic mass is 32.2. The van der Waals surface area contributed by atoms with Gasteiger partial charge in [-0.05, 0) is 48.4 Å². The van der Waals surface area contributed by atoms with Crippen molar-refractivity contribution in [3.05, 3.63) is 54.1 Å². The molecule has 0 saturated heterocycles. The maximum Gasteiger partial charge on any atom is 0.119 e. The Labute approximate surface area is 119 Å². The first-order chi connectivity index (χ1) is 9.28. The van der Waals surface area contributed by atoms with Crippen LogP contribution in [0.15, 0.2) is 53.4 Å². The monoisotopic (exact) mass is 273 g/mol. The third-order valence-electron chi connectivity index (χ3n) is 2.83. The first-order valence-electron chi connectivity index (χ1n) is 6.48. The van der Waals surface area contributed by atoms with Gasteiger partial charge in [0, 0.05) is 16.3 Å². The third kappa shape index (κ3) is 4.52.